The molecule has 2 heterocycles. The number of amides is 1. The van der Waals surface area contributed by atoms with Crippen molar-refractivity contribution in [2.24, 2.45) is 0 Å². The van der Waals surface area contributed by atoms with E-state index in [0.29, 0.717) is 10.8 Å². The molecule has 1 aliphatic rings. The Hall–Kier alpha value is -2.53. The van der Waals surface area contributed by atoms with Crippen molar-refractivity contribution in [1.29, 1.82) is 0 Å². The molecule has 0 radical (unpaired) electrons. The average Bonchev–Trinajstić information content (AvgIpc) is 3.12. The molecular formula is C20H19N3OS. The highest BCUT2D eigenvalue weighted by Crippen LogP contribution is 2.37. The Morgan fingerprint density at radius 3 is 2.68 bits per heavy atom. The lowest BCUT2D eigenvalue weighted by molar-refractivity contribution is 0.0986. The van der Waals surface area contributed by atoms with Gasteiger partial charge in [-0.2, -0.15) is 5.10 Å². The molecule has 1 unspecified atom stereocenters. The molecule has 0 fully saturated rings. The van der Waals surface area contributed by atoms with E-state index in [-0.39, 0.29) is 5.91 Å². The number of carbonyl (C=O) groups is 1. The molecule has 25 heavy (non-hydrogen) atoms. The van der Waals surface area contributed by atoms with Crippen LogP contribution in [-0.4, -0.2) is 27.5 Å². The first kappa shape index (κ1) is 16.0. The first-order valence-electron chi connectivity index (χ1n) is 8.40. The van der Waals surface area contributed by atoms with Gasteiger partial charge in [-0.3, -0.25) is 4.79 Å². The number of nitrogens with zero attached hydrogens (tertiary/aromatic N) is 3. The summed E-state index contributed by atoms with van der Waals surface area (Å²) in [7, 11) is 0. The smallest absolute Gasteiger partial charge is 0.258 e. The molecule has 2 aromatic carbocycles. The summed E-state index contributed by atoms with van der Waals surface area (Å²) >= 11 is 1.84. The quantitative estimate of drug-likeness (QED) is 0.688. The van der Waals surface area contributed by atoms with E-state index in [1.807, 2.05) is 71.4 Å². The van der Waals surface area contributed by atoms with Crippen LogP contribution >= 0.6 is 11.8 Å². The molecular weight excluding hydrogens is 330 g/mol. The van der Waals surface area contributed by atoms with E-state index < -0.39 is 0 Å². The Balaban J connectivity index is 1.64. The molecule has 4 nitrogen and oxygen atoms in total. The SMILES string of the molecule is CC1CCN(C(=O)c2ccc(-n3cccn3)cc2)c2ccccc2S1. The third kappa shape index (κ3) is 3.20. The summed E-state index contributed by atoms with van der Waals surface area (Å²) in [6.45, 7) is 2.96. The third-order valence-electron chi connectivity index (χ3n) is 4.37. The number of fused-ring (bicyclic) bond motifs is 1. The zero-order valence-electron chi connectivity index (χ0n) is 14.0. The van der Waals surface area contributed by atoms with Crippen LogP contribution < -0.4 is 4.90 Å². The summed E-state index contributed by atoms with van der Waals surface area (Å²) < 4.78 is 1.79. The maximum atomic E-state index is 13.1. The van der Waals surface area contributed by atoms with E-state index in [1.54, 1.807) is 10.9 Å². The van der Waals surface area contributed by atoms with Crippen LogP contribution in [0, 0.1) is 0 Å². The minimum atomic E-state index is 0.0502. The fourth-order valence-electron chi connectivity index (χ4n) is 3.03. The van der Waals surface area contributed by atoms with Crippen LogP contribution in [0.2, 0.25) is 0 Å². The van der Waals surface area contributed by atoms with E-state index in [9.17, 15) is 4.79 Å². The van der Waals surface area contributed by atoms with Gasteiger partial charge in [-0.15, -0.1) is 11.8 Å². The predicted octanol–water partition coefficient (Wildman–Crippen LogP) is 4.40. The Labute approximate surface area is 151 Å². The van der Waals surface area contributed by atoms with Crippen LogP contribution in [0.15, 0.2) is 71.9 Å². The molecule has 0 saturated heterocycles. The Bertz CT molecular complexity index is 874. The van der Waals surface area contributed by atoms with E-state index in [2.05, 4.69) is 18.1 Å². The number of anilines is 1. The maximum absolute atomic E-state index is 13.1. The number of carbonyl (C=O) groups excluding carboxylic acids is 1. The third-order valence-corrected chi connectivity index (χ3v) is 5.61. The summed E-state index contributed by atoms with van der Waals surface area (Å²) in [5, 5.41) is 4.72. The van der Waals surface area contributed by atoms with Gasteiger partial charge in [-0.05, 0) is 48.9 Å². The molecule has 1 aromatic heterocycles. The molecule has 0 bridgehead atoms. The van der Waals surface area contributed by atoms with E-state index in [4.69, 9.17) is 0 Å². The zero-order chi connectivity index (χ0) is 17.2. The molecule has 126 valence electrons. The summed E-state index contributed by atoms with van der Waals surface area (Å²) in [4.78, 5) is 16.2. The van der Waals surface area contributed by atoms with Crippen molar-refractivity contribution in [3.05, 3.63) is 72.6 Å². The van der Waals surface area contributed by atoms with Gasteiger partial charge in [0.2, 0.25) is 0 Å². The Kier molecular flexibility index (Phi) is 4.32. The first-order chi connectivity index (χ1) is 12.2. The van der Waals surface area contributed by atoms with Gasteiger partial charge in [0.1, 0.15) is 0 Å². The topological polar surface area (TPSA) is 38.1 Å². The molecule has 1 atom stereocenters. The summed E-state index contributed by atoms with van der Waals surface area (Å²) in [5.74, 6) is 0.0502. The maximum Gasteiger partial charge on any atom is 0.258 e. The van der Waals surface area contributed by atoms with Crippen LogP contribution in [0.3, 0.4) is 0 Å². The molecule has 0 saturated carbocycles. The molecule has 1 aliphatic heterocycles. The van der Waals surface area contributed by atoms with Gasteiger partial charge in [0.15, 0.2) is 0 Å². The fraction of sp³-hybridized carbons (Fsp3) is 0.200. The predicted molar refractivity (Wildman–Crippen MR) is 102 cm³/mol. The van der Waals surface area contributed by atoms with Gasteiger partial charge < -0.3 is 4.90 Å². The van der Waals surface area contributed by atoms with Crippen LogP contribution in [0.5, 0.6) is 0 Å². The lowest BCUT2D eigenvalue weighted by Gasteiger charge is -2.22. The van der Waals surface area contributed by atoms with Crippen LogP contribution in [0.25, 0.3) is 5.69 Å². The molecule has 1 amide bonds. The first-order valence-corrected chi connectivity index (χ1v) is 9.28. The van der Waals surface area contributed by atoms with Gasteiger partial charge in [0.05, 0.1) is 11.4 Å². The summed E-state index contributed by atoms with van der Waals surface area (Å²) in [5.41, 5.74) is 2.66. The van der Waals surface area contributed by atoms with Crippen molar-refractivity contribution in [3.8, 4) is 5.69 Å². The minimum absolute atomic E-state index is 0.0502. The molecule has 3 aromatic rings. The standard InChI is InChI=1S/C20H19N3OS/c1-15-11-14-22(18-5-2-3-6-19(18)25-15)20(24)16-7-9-17(10-8-16)23-13-4-12-21-23/h2-10,12-13,15H,11,14H2,1H3. The monoisotopic (exact) mass is 349 g/mol. The molecule has 0 aliphatic carbocycles. The van der Waals surface area contributed by atoms with Crippen LogP contribution in [0.4, 0.5) is 5.69 Å². The second-order valence-electron chi connectivity index (χ2n) is 6.14. The van der Waals surface area contributed by atoms with Crippen molar-refractivity contribution >= 4 is 23.4 Å². The Morgan fingerprint density at radius 2 is 1.92 bits per heavy atom. The number of aromatic nitrogens is 2. The number of para-hydroxylation sites is 1. The minimum Gasteiger partial charge on any atom is -0.307 e. The van der Waals surface area contributed by atoms with Crippen molar-refractivity contribution < 1.29 is 4.79 Å². The average molecular weight is 349 g/mol. The summed E-state index contributed by atoms with van der Waals surface area (Å²) in [6, 6.07) is 17.7. The van der Waals surface area contributed by atoms with Gasteiger partial charge in [0.25, 0.3) is 5.91 Å². The Morgan fingerprint density at radius 1 is 1.12 bits per heavy atom. The number of thioether (sulfide) groups is 1. The number of hydrogen-bond acceptors (Lipinski definition) is 3. The van der Waals surface area contributed by atoms with E-state index >= 15 is 0 Å². The number of rotatable bonds is 2. The zero-order valence-corrected chi connectivity index (χ0v) is 14.8. The highest BCUT2D eigenvalue weighted by Gasteiger charge is 2.24. The van der Waals surface area contributed by atoms with Crippen molar-refractivity contribution in [2.45, 2.75) is 23.5 Å². The largest absolute Gasteiger partial charge is 0.307 e. The highest BCUT2D eigenvalue weighted by atomic mass is 32.2. The van der Waals surface area contributed by atoms with Crippen molar-refractivity contribution in [3.63, 3.8) is 0 Å². The molecule has 5 heteroatoms. The highest BCUT2D eigenvalue weighted by molar-refractivity contribution is 8.00. The lowest BCUT2D eigenvalue weighted by atomic mass is 10.1. The van der Waals surface area contributed by atoms with Crippen molar-refractivity contribution in [2.75, 3.05) is 11.4 Å². The molecule has 0 N–H and O–H groups in total. The number of hydrogen-bond donors (Lipinski definition) is 0. The second kappa shape index (κ2) is 6.76. The van der Waals surface area contributed by atoms with Crippen LogP contribution in [-0.2, 0) is 0 Å². The lowest BCUT2D eigenvalue weighted by Crippen LogP contribution is -2.32. The van der Waals surface area contributed by atoms with E-state index in [0.717, 1.165) is 24.3 Å². The van der Waals surface area contributed by atoms with Crippen molar-refractivity contribution in [1.82, 2.24) is 9.78 Å². The molecule has 4 rings (SSSR count). The van der Waals surface area contributed by atoms with Gasteiger partial charge >= 0.3 is 0 Å². The normalized spacial score (nSPS) is 17.0. The van der Waals surface area contributed by atoms with Gasteiger partial charge in [0, 0.05) is 34.6 Å². The second-order valence-corrected chi connectivity index (χ2v) is 7.62. The van der Waals surface area contributed by atoms with Gasteiger partial charge in [-0.25, -0.2) is 4.68 Å². The summed E-state index contributed by atoms with van der Waals surface area (Å²) in [6.07, 6.45) is 4.61. The van der Waals surface area contributed by atoms with E-state index in [1.165, 1.54) is 4.90 Å². The molecule has 0 spiro atoms. The fourth-order valence-corrected chi connectivity index (χ4v) is 4.14. The van der Waals surface area contributed by atoms with Gasteiger partial charge in [-0.1, -0.05) is 19.1 Å². The van der Waals surface area contributed by atoms with Crippen LogP contribution in [0.1, 0.15) is 23.7 Å². The number of benzene rings is 2.